The highest BCUT2D eigenvalue weighted by molar-refractivity contribution is 7.22. The number of carbonyl (C=O) groups excluding carboxylic acids is 2. The second kappa shape index (κ2) is 9.67. The number of thiazole rings is 1. The molecule has 2 amide bonds. The number of benzene rings is 1. The van der Waals surface area contributed by atoms with E-state index in [2.05, 4.69) is 25.5 Å². The molecular formula is C23H24ClN7O3S. The summed E-state index contributed by atoms with van der Waals surface area (Å²) in [5, 5.41) is 11.2. The molecule has 12 heteroatoms. The van der Waals surface area contributed by atoms with E-state index in [1.54, 1.807) is 29.6 Å². The zero-order valence-corrected chi connectivity index (χ0v) is 20.8. The molecule has 1 aliphatic rings. The van der Waals surface area contributed by atoms with Gasteiger partial charge in [0.2, 0.25) is 5.91 Å². The van der Waals surface area contributed by atoms with Crippen LogP contribution < -0.4 is 10.1 Å². The van der Waals surface area contributed by atoms with Crippen molar-refractivity contribution in [3.8, 4) is 22.8 Å². The fourth-order valence-electron chi connectivity index (χ4n) is 3.74. The number of ether oxygens (including phenoxy) is 1. The third kappa shape index (κ3) is 4.73. The van der Waals surface area contributed by atoms with E-state index in [9.17, 15) is 9.59 Å². The highest BCUT2D eigenvalue weighted by atomic mass is 35.5. The molecule has 5 rings (SSSR count). The number of nitrogens with one attached hydrogen (secondary N) is 2. The molecule has 3 heterocycles. The summed E-state index contributed by atoms with van der Waals surface area (Å²) in [6, 6.07) is 5.28. The number of halogens is 1. The molecule has 1 saturated carbocycles. The lowest BCUT2D eigenvalue weighted by Gasteiger charge is -2.18. The topological polar surface area (TPSA) is 118 Å². The van der Waals surface area contributed by atoms with Gasteiger partial charge in [-0.15, -0.1) is 0 Å². The lowest BCUT2D eigenvalue weighted by molar-refractivity contribution is -0.133. The van der Waals surface area contributed by atoms with Gasteiger partial charge < -0.3 is 15.0 Å². The SMILES string of the molecule is CCN(CC)C(=O)COc1ccc(-c2cncn2-c2n[nH]c3nc(NC(=O)C4CC4)sc23)c(Cl)c1. The van der Waals surface area contributed by atoms with Gasteiger partial charge in [-0.2, -0.15) is 5.10 Å². The van der Waals surface area contributed by atoms with Crippen LogP contribution in [0.5, 0.6) is 5.75 Å². The fraction of sp³-hybridized carbons (Fsp3) is 0.348. The number of aromatic nitrogens is 5. The molecule has 0 saturated heterocycles. The summed E-state index contributed by atoms with van der Waals surface area (Å²) in [6.45, 7) is 5.08. The van der Waals surface area contributed by atoms with E-state index in [4.69, 9.17) is 16.3 Å². The lowest BCUT2D eigenvalue weighted by Crippen LogP contribution is -2.34. The number of nitrogens with zero attached hydrogens (tertiary/aromatic N) is 5. The molecule has 1 aliphatic carbocycles. The number of anilines is 1. The number of amides is 2. The van der Waals surface area contributed by atoms with Gasteiger partial charge in [0.25, 0.3) is 5.91 Å². The lowest BCUT2D eigenvalue weighted by atomic mass is 10.1. The molecule has 3 aromatic heterocycles. The number of likely N-dealkylation sites (N-methyl/N-ethyl adjacent to an activating group) is 1. The Morgan fingerprint density at radius 3 is 2.83 bits per heavy atom. The van der Waals surface area contributed by atoms with Gasteiger partial charge in [0, 0.05) is 24.6 Å². The molecule has 0 unspecified atom stereocenters. The minimum atomic E-state index is -0.0759. The van der Waals surface area contributed by atoms with Crippen molar-refractivity contribution in [2.24, 2.45) is 5.92 Å². The van der Waals surface area contributed by atoms with E-state index in [0.717, 1.165) is 28.8 Å². The quantitative estimate of drug-likeness (QED) is 0.347. The Morgan fingerprint density at radius 2 is 2.11 bits per heavy atom. The summed E-state index contributed by atoms with van der Waals surface area (Å²) in [7, 11) is 0. The molecule has 1 fully saturated rings. The van der Waals surface area contributed by atoms with Crippen molar-refractivity contribution in [3.05, 3.63) is 35.7 Å². The van der Waals surface area contributed by atoms with Crippen molar-refractivity contribution >= 4 is 50.2 Å². The molecule has 0 atom stereocenters. The Kier molecular flexibility index (Phi) is 6.44. The van der Waals surface area contributed by atoms with Gasteiger partial charge in [0.1, 0.15) is 16.8 Å². The van der Waals surface area contributed by atoms with Crippen LogP contribution >= 0.6 is 22.9 Å². The number of hydrogen-bond donors (Lipinski definition) is 2. The average Bonchev–Trinajstić information content (AvgIpc) is 3.28. The molecular weight excluding hydrogens is 490 g/mol. The maximum atomic E-state index is 12.2. The standard InChI is InChI=1S/C23H24ClN7O3S/c1-3-30(4-2)18(32)11-34-14-7-8-15(16(24)9-14)17-10-25-12-31(17)21-19-20(28-29-21)26-23(35-19)27-22(33)13-5-6-13/h7-10,12-13H,3-6,11H2,1-2H3,(H2,26,27,28,29,33). The molecule has 4 aromatic rings. The van der Waals surface area contributed by atoms with Crippen LogP contribution in [0.15, 0.2) is 30.7 Å². The normalized spacial score (nSPS) is 13.2. The van der Waals surface area contributed by atoms with Gasteiger partial charge in [-0.25, -0.2) is 9.97 Å². The van der Waals surface area contributed by atoms with Gasteiger partial charge in [-0.05, 0) is 44.9 Å². The number of fused-ring (bicyclic) bond motifs is 1. The first-order valence-corrected chi connectivity index (χ1v) is 12.6. The molecule has 0 radical (unpaired) electrons. The van der Waals surface area contributed by atoms with E-state index in [-0.39, 0.29) is 24.3 Å². The predicted octanol–water partition coefficient (Wildman–Crippen LogP) is 4.12. The molecule has 1 aromatic carbocycles. The van der Waals surface area contributed by atoms with E-state index in [1.807, 2.05) is 24.5 Å². The summed E-state index contributed by atoms with van der Waals surface area (Å²) in [4.78, 5) is 34.8. The van der Waals surface area contributed by atoms with E-state index >= 15 is 0 Å². The number of H-pyrrole nitrogens is 1. The van der Waals surface area contributed by atoms with Crippen LogP contribution in [0.1, 0.15) is 26.7 Å². The van der Waals surface area contributed by atoms with Crippen molar-refractivity contribution in [1.82, 2.24) is 29.6 Å². The zero-order chi connectivity index (χ0) is 24.5. The van der Waals surface area contributed by atoms with Crippen LogP contribution in [0.3, 0.4) is 0 Å². The highest BCUT2D eigenvalue weighted by Crippen LogP contribution is 2.36. The second-order valence-corrected chi connectivity index (χ2v) is 9.56. The van der Waals surface area contributed by atoms with Crippen LogP contribution in [0.4, 0.5) is 5.13 Å². The number of rotatable bonds is 9. The van der Waals surface area contributed by atoms with Gasteiger partial charge in [-0.3, -0.25) is 19.3 Å². The second-order valence-electron chi connectivity index (χ2n) is 8.15. The largest absolute Gasteiger partial charge is 0.484 e. The third-order valence-corrected chi connectivity index (χ3v) is 7.12. The maximum Gasteiger partial charge on any atom is 0.260 e. The molecule has 0 aliphatic heterocycles. The van der Waals surface area contributed by atoms with Gasteiger partial charge in [0.15, 0.2) is 23.2 Å². The molecule has 2 N–H and O–H groups in total. The van der Waals surface area contributed by atoms with Crippen molar-refractivity contribution in [3.63, 3.8) is 0 Å². The Hall–Kier alpha value is -3.44. The molecule has 182 valence electrons. The van der Waals surface area contributed by atoms with Crippen molar-refractivity contribution in [2.75, 3.05) is 25.0 Å². The Bertz CT molecular complexity index is 1390. The highest BCUT2D eigenvalue weighted by Gasteiger charge is 2.30. The summed E-state index contributed by atoms with van der Waals surface area (Å²) < 4.78 is 8.27. The summed E-state index contributed by atoms with van der Waals surface area (Å²) in [5.74, 6) is 1.14. The van der Waals surface area contributed by atoms with Crippen LogP contribution in [0, 0.1) is 5.92 Å². The number of aromatic amines is 1. The van der Waals surface area contributed by atoms with Gasteiger partial charge >= 0.3 is 0 Å². The Labute approximate surface area is 210 Å². The first-order chi connectivity index (χ1) is 17.0. The fourth-order valence-corrected chi connectivity index (χ4v) is 4.92. The monoisotopic (exact) mass is 513 g/mol. The predicted molar refractivity (Wildman–Crippen MR) is 134 cm³/mol. The van der Waals surface area contributed by atoms with Crippen molar-refractivity contribution < 1.29 is 14.3 Å². The average molecular weight is 514 g/mol. The van der Waals surface area contributed by atoms with Crippen molar-refractivity contribution in [2.45, 2.75) is 26.7 Å². The first-order valence-electron chi connectivity index (χ1n) is 11.4. The smallest absolute Gasteiger partial charge is 0.260 e. The zero-order valence-electron chi connectivity index (χ0n) is 19.2. The van der Waals surface area contributed by atoms with Gasteiger partial charge in [-0.1, -0.05) is 22.9 Å². The Morgan fingerprint density at radius 1 is 1.31 bits per heavy atom. The maximum absolute atomic E-state index is 12.2. The van der Waals surface area contributed by atoms with Crippen LogP contribution in [0.2, 0.25) is 5.02 Å². The molecule has 35 heavy (non-hydrogen) atoms. The summed E-state index contributed by atoms with van der Waals surface area (Å²) in [6.07, 6.45) is 5.20. The summed E-state index contributed by atoms with van der Waals surface area (Å²) >= 11 is 7.95. The molecule has 10 nitrogen and oxygen atoms in total. The minimum absolute atomic E-state index is 0.00659. The van der Waals surface area contributed by atoms with E-state index < -0.39 is 0 Å². The number of imidazole rings is 1. The number of carbonyl (C=O) groups is 2. The molecule has 0 bridgehead atoms. The van der Waals surface area contributed by atoms with Crippen LogP contribution in [-0.2, 0) is 9.59 Å². The van der Waals surface area contributed by atoms with E-state index in [0.29, 0.717) is 40.5 Å². The third-order valence-electron chi connectivity index (χ3n) is 5.84. The van der Waals surface area contributed by atoms with Crippen LogP contribution in [-0.4, -0.2) is 61.1 Å². The summed E-state index contributed by atoms with van der Waals surface area (Å²) in [5.41, 5.74) is 2.05. The van der Waals surface area contributed by atoms with Gasteiger partial charge in [0.05, 0.1) is 16.9 Å². The first kappa shape index (κ1) is 23.3. The minimum Gasteiger partial charge on any atom is -0.484 e. The number of hydrogen-bond acceptors (Lipinski definition) is 7. The molecule has 0 spiro atoms. The Balaban J connectivity index is 1.37. The van der Waals surface area contributed by atoms with Crippen molar-refractivity contribution in [1.29, 1.82) is 0 Å². The van der Waals surface area contributed by atoms with E-state index in [1.165, 1.54) is 11.3 Å². The van der Waals surface area contributed by atoms with Crippen LogP contribution in [0.25, 0.3) is 27.4 Å².